The van der Waals surface area contributed by atoms with E-state index in [1.165, 1.54) is 6.20 Å². The van der Waals surface area contributed by atoms with Gasteiger partial charge in [0.25, 0.3) is 0 Å². The monoisotopic (exact) mass is 269 g/mol. The largest absolute Gasteiger partial charge is 0.456 e. The number of hydrogen-bond acceptors (Lipinski definition) is 3. The van der Waals surface area contributed by atoms with Gasteiger partial charge in [-0.15, -0.1) is 0 Å². The van der Waals surface area contributed by atoms with Crippen LogP contribution in [0.3, 0.4) is 0 Å². The molecule has 0 unspecified atom stereocenters. The first-order valence-electron chi connectivity index (χ1n) is 5.39. The molecule has 0 saturated carbocycles. The minimum atomic E-state index is -4.45. The SMILES string of the molecule is OCc1ccc(Oc2cncc(C(F)(F)F)c2)cc1. The van der Waals surface area contributed by atoms with Crippen molar-refractivity contribution >= 4 is 0 Å². The molecule has 0 bridgehead atoms. The lowest BCUT2D eigenvalue weighted by atomic mass is 10.2. The summed E-state index contributed by atoms with van der Waals surface area (Å²) in [7, 11) is 0. The topological polar surface area (TPSA) is 42.4 Å². The molecule has 1 aromatic carbocycles. The van der Waals surface area contributed by atoms with Gasteiger partial charge in [0.05, 0.1) is 18.4 Å². The Hall–Kier alpha value is -2.08. The molecule has 0 aliphatic carbocycles. The second-order valence-corrected chi connectivity index (χ2v) is 3.81. The number of hydrogen-bond donors (Lipinski definition) is 1. The molecule has 0 atom stereocenters. The van der Waals surface area contributed by atoms with E-state index in [9.17, 15) is 13.2 Å². The molecule has 0 radical (unpaired) electrons. The van der Waals surface area contributed by atoms with Crippen molar-refractivity contribution in [1.29, 1.82) is 0 Å². The van der Waals surface area contributed by atoms with E-state index in [-0.39, 0.29) is 12.4 Å². The first-order valence-corrected chi connectivity index (χ1v) is 5.39. The number of rotatable bonds is 3. The molecule has 19 heavy (non-hydrogen) atoms. The Labute approximate surface area is 107 Å². The third kappa shape index (κ3) is 3.45. The van der Waals surface area contributed by atoms with Gasteiger partial charge in [0, 0.05) is 6.20 Å². The average Bonchev–Trinajstić information content (AvgIpc) is 2.39. The molecule has 1 heterocycles. The number of aliphatic hydroxyl groups is 1. The number of aliphatic hydroxyl groups excluding tert-OH is 1. The van der Waals surface area contributed by atoms with E-state index in [0.29, 0.717) is 11.3 Å². The smallest absolute Gasteiger partial charge is 0.418 e. The third-order valence-corrected chi connectivity index (χ3v) is 2.38. The Bertz CT molecular complexity index is 553. The second kappa shape index (κ2) is 5.27. The lowest BCUT2D eigenvalue weighted by molar-refractivity contribution is -0.137. The third-order valence-electron chi connectivity index (χ3n) is 2.38. The molecular weight excluding hydrogens is 259 g/mol. The van der Waals surface area contributed by atoms with E-state index in [4.69, 9.17) is 9.84 Å². The molecule has 0 aliphatic heterocycles. The van der Waals surface area contributed by atoms with Crippen LogP contribution in [-0.4, -0.2) is 10.1 Å². The zero-order valence-corrected chi connectivity index (χ0v) is 9.69. The van der Waals surface area contributed by atoms with Crippen LogP contribution in [0.2, 0.25) is 0 Å². The molecule has 0 saturated heterocycles. The summed E-state index contributed by atoms with van der Waals surface area (Å²) in [5.74, 6) is 0.380. The molecule has 2 aromatic rings. The summed E-state index contributed by atoms with van der Waals surface area (Å²) in [4.78, 5) is 3.50. The number of nitrogens with zero attached hydrogens (tertiary/aromatic N) is 1. The molecule has 6 heteroatoms. The maximum absolute atomic E-state index is 12.5. The molecule has 0 amide bonds. The van der Waals surface area contributed by atoms with Gasteiger partial charge in [-0.05, 0) is 23.8 Å². The van der Waals surface area contributed by atoms with Crippen molar-refractivity contribution in [2.75, 3.05) is 0 Å². The molecule has 100 valence electrons. The Morgan fingerprint density at radius 1 is 1.05 bits per heavy atom. The zero-order valence-electron chi connectivity index (χ0n) is 9.69. The fraction of sp³-hybridized carbons (Fsp3) is 0.154. The molecule has 1 N–H and O–H groups in total. The predicted molar refractivity (Wildman–Crippen MR) is 61.7 cm³/mol. The van der Waals surface area contributed by atoms with Crippen molar-refractivity contribution in [3.05, 3.63) is 53.9 Å². The highest BCUT2D eigenvalue weighted by atomic mass is 19.4. The first kappa shape index (κ1) is 13.4. The average molecular weight is 269 g/mol. The van der Waals surface area contributed by atoms with Gasteiger partial charge in [-0.2, -0.15) is 13.2 Å². The minimum absolute atomic E-state index is 0.00609. The van der Waals surface area contributed by atoms with Crippen molar-refractivity contribution in [3.63, 3.8) is 0 Å². The number of aromatic nitrogens is 1. The fourth-order valence-corrected chi connectivity index (χ4v) is 1.43. The van der Waals surface area contributed by atoms with Crippen LogP contribution in [0.4, 0.5) is 13.2 Å². The van der Waals surface area contributed by atoms with Gasteiger partial charge in [-0.25, -0.2) is 0 Å². The summed E-state index contributed by atoms with van der Waals surface area (Å²) in [6.45, 7) is -0.106. The van der Waals surface area contributed by atoms with E-state index < -0.39 is 11.7 Å². The van der Waals surface area contributed by atoms with Gasteiger partial charge >= 0.3 is 6.18 Å². The normalized spacial score (nSPS) is 11.4. The highest BCUT2D eigenvalue weighted by molar-refractivity contribution is 5.33. The molecule has 0 fully saturated rings. The number of alkyl halides is 3. The van der Waals surface area contributed by atoms with Crippen molar-refractivity contribution < 1.29 is 23.0 Å². The Balaban J connectivity index is 2.18. The van der Waals surface area contributed by atoms with Crippen LogP contribution >= 0.6 is 0 Å². The van der Waals surface area contributed by atoms with Crippen LogP contribution in [0.15, 0.2) is 42.7 Å². The van der Waals surface area contributed by atoms with Gasteiger partial charge in [0.15, 0.2) is 0 Å². The predicted octanol–water partition coefficient (Wildman–Crippen LogP) is 3.39. The Kier molecular flexibility index (Phi) is 3.71. The lowest BCUT2D eigenvalue weighted by Gasteiger charge is -2.09. The first-order chi connectivity index (χ1) is 8.99. The van der Waals surface area contributed by atoms with Crippen LogP contribution in [0, 0.1) is 0 Å². The summed E-state index contributed by atoms with van der Waals surface area (Å²) >= 11 is 0. The highest BCUT2D eigenvalue weighted by Gasteiger charge is 2.31. The Morgan fingerprint density at radius 3 is 2.32 bits per heavy atom. The van der Waals surface area contributed by atoms with E-state index in [0.717, 1.165) is 12.3 Å². The van der Waals surface area contributed by atoms with E-state index >= 15 is 0 Å². The van der Waals surface area contributed by atoms with Crippen molar-refractivity contribution in [3.8, 4) is 11.5 Å². The second-order valence-electron chi connectivity index (χ2n) is 3.81. The molecule has 2 rings (SSSR count). The quantitative estimate of drug-likeness (QED) is 0.928. The Morgan fingerprint density at radius 2 is 1.74 bits per heavy atom. The summed E-state index contributed by atoms with van der Waals surface area (Å²) in [6.07, 6.45) is -2.51. The number of pyridine rings is 1. The van der Waals surface area contributed by atoms with Crippen LogP contribution in [0.5, 0.6) is 11.5 Å². The number of halogens is 3. The van der Waals surface area contributed by atoms with Crippen LogP contribution in [0.25, 0.3) is 0 Å². The van der Waals surface area contributed by atoms with Gasteiger partial charge in [0.1, 0.15) is 11.5 Å². The number of benzene rings is 1. The zero-order chi connectivity index (χ0) is 13.9. The van der Waals surface area contributed by atoms with Crippen LogP contribution in [0.1, 0.15) is 11.1 Å². The van der Waals surface area contributed by atoms with Crippen LogP contribution < -0.4 is 4.74 Å². The molecule has 0 spiro atoms. The summed E-state index contributed by atoms with van der Waals surface area (Å²) in [5, 5.41) is 8.87. The standard InChI is InChI=1S/C13H10F3NO2/c14-13(15,16)10-5-12(7-17-6-10)19-11-3-1-9(8-18)2-4-11/h1-7,18H,8H2. The van der Waals surface area contributed by atoms with Gasteiger partial charge in [0.2, 0.25) is 0 Å². The van der Waals surface area contributed by atoms with Gasteiger partial charge < -0.3 is 9.84 Å². The van der Waals surface area contributed by atoms with Crippen molar-refractivity contribution in [1.82, 2.24) is 4.98 Å². The van der Waals surface area contributed by atoms with Crippen LogP contribution in [-0.2, 0) is 12.8 Å². The van der Waals surface area contributed by atoms with E-state index in [2.05, 4.69) is 4.98 Å². The maximum atomic E-state index is 12.5. The molecule has 1 aromatic heterocycles. The maximum Gasteiger partial charge on any atom is 0.418 e. The van der Waals surface area contributed by atoms with E-state index in [1.807, 2.05) is 0 Å². The molecular formula is C13H10F3NO2. The van der Waals surface area contributed by atoms with Crippen molar-refractivity contribution in [2.45, 2.75) is 12.8 Å². The summed E-state index contributed by atoms with van der Waals surface area (Å²) in [5.41, 5.74) is -0.175. The lowest BCUT2D eigenvalue weighted by Crippen LogP contribution is -2.05. The van der Waals surface area contributed by atoms with E-state index in [1.54, 1.807) is 24.3 Å². The summed E-state index contributed by atoms with van der Waals surface area (Å²) < 4.78 is 42.7. The van der Waals surface area contributed by atoms with Gasteiger partial charge in [-0.3, -0.25) is 4.98 Å². The van der Waals surface area contributed by atoms with Crippen molar-refractivity contribution in [2.24, 2.45) is 0 Å². The minimum Gasteiger partial charge on any atom is -0.456 e. The fourth-order valence-electron chi connectivity index (χ4n) is 1.43. The highest BCUT2D eigenvalue weighted by Crippen LogP contribution is 2.31. The molecule has 3 nitrogen and oxygen atoms in total. The van der Waals surface area contributed by atoms with Gasteiger partial charge in [-0.1, -0.05) is 12.1 Å². The number of ether oxygens (including phenoxy) is 1. The molecule has 0 aliphatic rings. The summed E-state index contributed by atoms with van der Waals surface area (Å²) in [6, 6.07) is 7.25.